The van der Waals surface area contributed by atoms with Crippen molar-refractivity contribution in [3.05, 3.63) is 42.0 Å². The zero-order chi connectivity index (χ0) is 12.8. The van der Waals surface area contributed by atoms with E-state index in [4.69, 9.17) is 9.47 Å². The second-order valence-corrected chi connectivity index (χ2v) is 4.71. The van der Waals surface area contributed by atoms with Gasteiger partial charge in [0.2, 0.25) is 0 Å². The number of benzene rings is 1. The van der Waals surface area contributed by atoms with Gasteiger partial charge in [0.15, 0.2) is 6.29 Å². The lowest BCUT2D eigenvalue weighted by Gasteiger charge is -2.12. The molecule has 1 unspecified atom stereocenters. The molecule has 3 nitrogen and oxygen atoms in total. The highest BCUT2D eigenvalue weighted by molar-refractivity contribution is 14.1. The average molecular weight is 346 g/mol. The Labute approximate surface area is 115 Å². The summed E-state index contributed by atoms with van der Waals surface area (Å²) in [5.74, 6) is -0.378. The number of carbonyl (C=O) groups is 1. The van der Waals surface area contributed by atoms with Gasteiger partial charge in [-0.2, -0.15) is 0 Å². The zero-order valence-corrected chi connectivity index (χ0v) is 12.1. The molecule has 0 saturated heterocycles. The summed E-state index contributed by atoms with van der Waals surface area (Å²) in [7, 11) is 0. The van der Waals surface area contributed by atoms with E-state index >= 15 is 0 Å². The summed E-state index contributed by atoms with van der Waals surface area (Å²) < 4.78 is 11.2. The van der Waals surface area contributed by atoms with Gasteiger partial charge in [0.1, 0.15) is 0 Å². The predicted molar refractivity (Wildman–Crippen MR) is 76.0 cm³/mol. The fraction of sp³-hybridized carbons (Fsp3) is 0.308. The third-order valence-corrected chi connectivity index (χ3v) is 2.73. The van der Waals surface area contributed by atoms with Gasteiger partial charge in [-0.05, 0) is 54.1 Å². The van der Waals surface area contributed by atoms with Gasteiger partial charge in [-0.1, -0.05) is 18.7 Å². The lowest BCUT2D eigenvalue weighted by Crippen LogP contribution is -2.18. The molecule has 0 bridgehead atoms. The third kappa shape index (κ3) is 4.47. The van der Waals surface area contributed by atoms with Crippen LogP contribution in [0.15, 0.2) is 30.8 Å². The van der Waals surface area contributed by atoms with Gasteiger partial charge in [0.05, 0.1) is 5.56 Å². The fourth-order valence-corrected chi connectivity index (χ4v) is 1.63. The van der Waals surface area contributed by atoms with Crippen LogP contribution in [-0.2, 0) is 9.47 Å². The number of ether oxygens (including phenoxy) is 2. The Morgan fingerprint density at radius 2 is 1.88 bits per heavy atom. The maximum absolute atomic E-state index is 11.7. The van der Waals surface area contributed by atoms with Crippen molar-refractivity contribution in [2.75, 3.05) is 6.61 Å². The molecule has 0 aliphatic carbocycles. The van der Waals surface area contributed by atoms with Gasteiger partial charge in [0, 0.05) is 10.2 Å². The first kappa shape index (κ1) is 14.2. The highest BCUT2D eigenvalue weighted by Crippen LogP contribution is 2.19. The number of rotatable bonds is 5. The molecule has 0 fully saturated rings. The third-order valence-electron chi connectivity index (χ3n) is 2.11. The van der Waals surface area contributed by atoms with Crippen molar-refractivity contribution in [1.82, 2.24) is 0 Å². The SMILES string of the molecule is C=C(I)c1ccc(C(=O)OC(C)OCC)cc1. The van der Waals surface area contributed by atoms with E-state index in [9.17, 15) is 4.79 Å². The highest BCUT2D eigenvalue weighted by Gasteiger charge is 2.11. The van der Waals surface area contributed by atoms with Crippen LogP contribution >= 0.6 is 22.6 Å². The molecule has 1 rings (SSSR count). The molecule has 0 aliphatic rings. The minimum Gasteiger partial charge on any atom is -0.432 e. The number of hydrogen-bond acceptors (Lipinski definition) is 3. The van der Waals surface area contributed by atoms with Crippen molar-refractivity contribution in [3.63, 3.8) is 0 Å². The normalized spacial score (nSPS) is 11.9. The predicted octanol–water partition coefficient (Wildman–Crippen LogP) is 3.63. The molecule has 17 heavy (non-hydrogen) atoms. The molecule has 1 aromatic carbocycles. The van der Waals surface area contributed by atoms with Crippen LogP contribution in [0.3, 0.4) is 0 Å². The maximum Gasteiger partial charge on any atom is 0.340 e. The van der Waals surface area contributed by atoms with Gasteiger partial charge < -0.3 is 9.47 Å². The van der Waals surface area contributed by atoms with Crippen molar-refractivity contribution in [2.24, 2.45) is 0 Å². The molecule has 0 heterocycles. The quantitative estimate of drug-likeness (QED) is 0.464. The Hall–Kier alpha value is -0.880. The van der Waals surface area contributed by atoms with Crippen LogP contribution < -0.4 is 0 Å². The summed E-state index contributed by atoms with van der Waals surface area (Å²) in [6.07, 6.45) is -0.522. The topological polar surface area (TPSA) is 35.5 Å². The molecule has 0 aliphatic heterocycles. The van der Waals surface area contributed by atoms with Crippen LogP contribution in [0, 0.1) is 0 Å². The van der Waals surface area contributed by atoms with Crippen LogP contribution in [0.2, 0.25) is 0 Å². The average Bonchev–Trinajstić information content (AvgIpc) is 2.29. The molecule has 92 valence electrons. The molecule has 0 spiro atoms. The van der Waals surface area contributed by atoms with Crippen LogP contribution in [0.4, 0.5) is 0 Å². The minimum absolute atomic E-state index is 0.378. The number of carbonyl (C=O) groups excluding carboxylic acids is 1. The minimum atomic E-state index is -0.522. The number of hydrogen-bond donors (Lipinski definition) is 0. The monoisotopic (exact) mass is 346 g/mol. The molecular formula is C13H15IO3. The standard InChI is InChI=1S/C13H15IO3/c1-4-16-10(3)17-13(15)12-7-5-11(6-8-12)9(2)14/h5-8,10H,2,4H2,1,3H3. The molecule has 4 heteroatoms. The molecule has 0 N–H and O–H groups in total. The van der Waals surface area contributed by atoms with E-state index in [1.807, 2.05) is 19.1 Å². The van der Waals surface area contributed by atoms with Crippen molar-refractivity contribution in [2.45, 2.75) is 20.1 Å². The van der Waals surface area contributed by atoms with Crippen molar-refractivity contribution in [1.29, 1.82) is 0 Å². The molecule has 1 aromatic rings. The van der Waals surface area contributed by atoms with Gasteiger partial charge >= 0.3 is 5.97 Å². The first-order chi connectivity index (χ1) is 8.04. The van der Waals surface area contributed by atoms with Gasteiger partial charge in [-0.25, -0.2) is 4.79 Å². The maximum atomic E-state index is 11.7. The largest absolute Gasteiger partial charge is 0.432 e. The van der Waals surface area contributed by atoms with Crippen LogP contribution in [0.25, 0.3) is 3.58 Å². The van der Waals surface area contributed by atoms with Gasteiger partial charge in [0.25, 0.3) is 0 Å². The zero-order valence-electron chi connectivity index (χ0n) is 9.90. The Bertz CT molecular complexity index is 398. The highest BCUT2D eigenvalue weighted by atomic mass is 127. The molecular weight excluding hydrogens is 331 g/mol. The molecule has 0 radical (unpaired) electrons. The first-order valence-electron chi connectivity index (χ1n) is 5.32. The van der Waals surface area contributed by atoms with Crippen LogP contribution in [0.1, 0.15) is 29.8 Å². The van der Waals surface area contributed by atoms with E-state index in [0.29, 0.717) is 12.2 Å². The number of esters is 1. The van der Waals surface area contributed by atoms with Crippen molar-refractivity contribution >= 4 is 32.1 Å². The summed E-state index contributed by atoms with van der Waals surface area (Å²) in [4.78, 5) is 11.7. The summed E-state index contributed by atoms with van der Waals surface area (Å²) in [6.45, 7) is 7.89. The first-order valence-corrected chi connectivity index (χ1v) is 6.40. The van der Waals surface area contributed by atoms with Crippen LogP contribution in [0.5, 0.6) is 0 Å². The summed E-state index contributed by atoms with van der Waals surface area (Å²) in [5, 5.41) is 0. The summed E-state index contributed by atoms with van der Waals surface area (Å²) >= 11 is 2.14. The Kier molecular flexibility index (Phi) is 5.64. The molecule has 0 amide bonds. The second kappa shape index (κ2) is 6.76. The summed E-state index contributed by atoms with van der Waals surface area (Å²) in [5.41, 5.74) is 1.51. The Morgan fingerprint density at radius 1 is 1.35 bits per heavy atom. The van der Waals surface area contributed by atoms with Crippen molar-refractivity contribution < 1.29 is 14.3 Å². The van der Waals surface area contributed by atoms with Gasteiger partial charge in [-0.15, -0.1) is 0 Å². The fourth-order valence-electron chi connectivity index (χ4n) is 1.27. The molecule has 0 aromatic heterocycles. The second-order valence-electron chi connectivity index (χ2n) is 3.41. The van der Waals surface area contributed by atoms with E-state index in [0.717, 1.165) is 9.14 Å². The molecule has 1 atom stereocenters. The molecule has 0 saturated carbocycles. The lowest BCUT2D eigenvalue weighted by molar-refractivity contribution is -0.0940. The van der Waals surface area contributed by atoms with E-state index in [-0.39, 0.29) is 5.97 Å². The Morgan fingerprint density at radius 3 is 2.35 bits per heavy atom. The summed E-state index contributed by atoms with van der Waals surface area (Å²) in [6, 6.07) is 7.13. The van der Waals surface area contributed by atoms with E-state index in [1.54, 1.807) is 19.1 Å². The smallest absolute Gasteiger partial charge is 0.340 e. The van der Waals surface area contributed by atoms with E-state index < -0.39 is 6.29 Å². The Balaban J connectivity index is 2.66. The van der Waals surface area contributed by atoms with Crippen LogP contribution in [-0.4, -0.2) is 18.9 Å². The van der Waals surface area contributed by atoms with E-state index in [2.05, 4.69) is 29.2 Å². The van der Waals surface area contributed by atoms with E-state index in [1.165, 1.54) is 0 Å². The number of halogens is 1. The van der Waals surface area contributed by atoms with Crippen molar-refractivity contribution in [3.8, 4) is 0 Å². The van der Waals surface area contributed by atoms with Gasteiger partial charge in [-0.3, -0.25) is 0 Å². The lowest BCUT2D eigenvalue weighted by atomic mass is 10.1.